The predicted molar refractivity (Wildman–Crippen MR) is 64.2 cm³/mol. The molecule has 0 saturated carbocycles. The highest BCUT2D eigenvalue weighted by atomic mass is 15.2. The molecule has 1 aromatic heterocycles. The number of rotatable bonds is 1. The Morgan fingerprint density at radius 3 is 2.69 bits per heavy atom. The van der Waals surface area contributed by atoms with Crippen LogP contribution < -0.4 is 4.90 Å². The molecule has 3 nitrogen and oxygen atoms in total. The minimum Gasteiger partial charge on any atom is -0.352 e. The average molecular weight is 213 g/mol. The molecule has 0 unspecified atom stereocenters. The van der Waals surface area contributed by atoms with Crippen LogP contribution in [-0.4, -0.2) is 18.1 Å². The summed E-state index contributed by atoms with van der Waals surface area (Å²) < 4.78 is 0. The first-order valence-corrected chi connectivity index (χ1v) is 5.47. The first kappa shape index (κ1) is 10.7. The highest BCUT2D eigenvalue weighted by molar-refractivity contribution is 5.44. The van der Waals surface area contributed by atoms with Crippen molar-refractivity contribution in [3.8, 4) is 6.07 Å². The van der Waals surface area contributed by atoms with Gasteiger partial charge in [-0.2, -0.15) is 5.26 Å². The fourth-order valence-corrected chi connectivity index (χ4v) is 1.85. The summed E-state index contributed by atoms with van der Waals surface area (Å²) in [6.07, 6.45) is 2.74. The standard InChI is InChI=1S/C13H15N3/c1-10-5-6-16(9-11(10)2)13-4-3-12(7-14)8-15-13/h3-4,8H,5-6,9H2,1-2H3. The van der Waals surface area contributed by atoms with Crippen LogP contribution in [0.4, 0.5) is 5.82 Å². The number of anilines is 1. The summed E-state index contributed by atoms with van der Waals surface area (Å²) in [6, 6.07) is 5.83. The first-order chi connectivity index (χ1) is 7.70. The summed E-state index contributed by atoms with van der Waals surface area (Å²) in [4.78, 5) is 6.57. The Hall–Kier alpha value is -1.82. The lowest BCUT2D eigenvalue weighted by Crippen LogP contribution is -2.31. The molecule has 0 radical (unpaired) electrons. The lowest BCUT2D eigenvalue weighted by atomic mass is 10.0. The zero-order valence-corrected chi connectivity index (χ0v) is 9.70. The maximum absolute atomic E-state index is 8.70. The second-order valence-corrected chi connectivity index (χ2v) is 4.25. The number of aromatic nitrogens is 1. The van der Waals surface area contributed by atoms with Crippen LogP contribution in [-0.2, 0) is 0 Å². The Labute approximate surface area is 96.0 Å². The quantitative estimate of drug-likeness (QED) is 0.673. The largest absolute Gasteiger partial charge is 0.352 e. The van der Waals surface area contributed by atoms with Crippen molar-refractivity contribution in [2.45, 2.75) is 20.3 Å². The normalized spacial score (nSPS) is 16.2. The van der Waals surface area contributed by atoms with Gasteiger partial charge in [0.25, 0.3) is 0 Å². The molecule has 0 spiro atoms. The summed E-state index contributed by atoms with van der Waals surface area (Å²) in [5, 5.41) is 8.70. The van der Waals surface area contributed by atoms with Crippen LogP contribution in [0.1, 0.15) is 25.8 Å². The van der Waals surface area contributed by atoms with E-state index in [-0.39, 0.29) is 0 Å². The Morgan fingerprint density at radius 2 is 2.12 bits per heavy atom. The topological polar surface area (TPSA) is 39.9 Å². The van der Waals surface area contributed by atoms with E-state index >= 15 is 0 Å². The summed E-state index contributed by atoms with van der Waals surface area (Å²) in [5.74, 6) is 0.964. The minimum atomic E-state index is 0.615. The van der Waals surface area contributed by atoms with Gasteiger partial charge in [0.1, 0.15) is 11.9 Å². The van der Waals surface area contributed by atoms with Crippen LogP contribution in [0.25, 0.3) is 0 Å². The molecule has 0 fully saturated rings. The molecule has 0 saturated heterocycles. The zero-order chi connectivity index (χ0) is 11.5. The number of pyridine rings is 1. The number of hydrogen-bond donors (Lipinski definition) is 0. The van der Waals surface area contributed by atoms with Crippen molar-refractivity contribution >= 4 is 5.82 Å². The van der Waals surface area contributed by atoms with Crippen LogP contribution in [0.3, 0.4) is 0 Å². The number of nitriles is 1. The average Bonchev–Trinajstić information content (AvgIpc) is 2.33. The molecule has 0 atom stereocenters. The van der Waals surface area contributed by atoms with Crippen LogP contribution in [0, 0.1) is 11.3 Å². The fraction of sp³-hybridized carbons (Fsp3) is 0.385. The predicted octanol–water partition coefficient (Wildman–Crippen LogP) is 2.50. The van der Waals surface area contributed by atoms with Crippen molar-refractivity contribution in [1.29, 1.82) is 5.26 Å². The van der Waals surface area contributed by atoms with Crippen molar-refractivity contribution in [1.82, 2.24) is 4.98 Å². The Bertz CT molecular complexity index is 451. The monoisotopic (exact) mass is 213 g/mol. The van der Waals surface area contributed by atoms with Crippen LogP contribution in [0.5, 0.6) is 0 Å². The van der Waals surface area contributed by atoms with Gasteiger partial charge >= 0.3 is 0 Å². The molecule has 0 aromatic carbocycles. The molecule has 1 aromatic rings. The maximum Gasteiger partial charge on any atom is 0.128 e. The highest BCUT2D eigenvalue weighted by Gasteiger charge is 2.14. The van der Waals surface area contributed by atoms with Crippen molar-refractivity contribution in [2.75, 3.05) is 18.0 Å². The van der Waals surface area contributed by atoms with Crippen molar-refractivity contribution in [3.63, 3.8) is 0 Å². The van der Waals surface area contributed by atoms with E-state index < -0.39 is 0 Å². The SMILES string of the molecule is CC1=C(C)CN(c2ccc(C#N)cn2)CC1. The van der Waals surface area contributed by atoms with Gasteiger partial charge < -0.3 is 4.90 Å². The highest BCUT2D eigenvalue weighted by Crippen LogP contribution is 2.21. The van der Waals surface area contributed by atoms with Gasteiger partial charge in [-0.1, -0.05) is 11.1 Å². The van der Waals surface area contributed by atoms with E-state index in [1.807, 2.05) is 12.1 Å². The van der Waals surface area contributed by atoms with Crippen LogP contribution in [0.2, 0.25) is 0 Å². The number of nitrogens with zero attached hydrogens (tertiary/aromatic N) is 3. The van der Waals surface area contributed by atoms with E-state index in [2.05, 4.69) is 29.8 Å². The van der Waals surface area contributed by atoms with Crippen LogP contribution >= 0.6 is 0 Å². The minimum absolute atomic E-state index is 0.615. The second kappa shape index (κ2) is 4.36. The van der Waals surface area contributed by atoms with E-state index in [0.29, 0.717) is 5.56 Å². The fourth-order valence-electron chi connectivity index (χ4n) is 1.85. The summed E-state index contributed by atoms with van der Waals surface area (Å²) in [6.45, 7) is 6.33. The summed E-state index contributed by atoms with van der Waals surface area (Å²) in [5.41, 5.74) is 3.53. The number of hydrogen-bond acceptors (Lipinski definition) is 3. The van der Waals surface area contributed by atoms with E-state index in [0.717, 1.165) is 25.3 Å². The molecule has 0 bridgehead atoms. The van der Waals surface area contributed by atoms with E-state index in [9.17, 15) is 0 Å². The molecule has 0 aliphatic carbocycles. The summed E-state index contributed by atoms with van der Waals surface area (Å²) in [7, 11) is 0. The molecule has 16 heavy (non-hydrogen) atoms. The third kappa shape index (κ3) is 2.06. The molecule has 2 heterocycles. The van der Waals surface area contributed by atoms with Crippen molar-refractivity contribution in [3.05, 3.63) is 35.0 Å². The van der Waals surface area contributed by atoms with E-state index in [1.165, 1.54) is 11.1 Å². The Kier molecular flexibility index (Phi) is 2.91. The molecule has 1 aliphatic rings. The van der Waals surface area contributed by atoms with Crippen LogP contribution in [0.15, 0.2) is 29.5 Å². The van der Waals surface area contributed by atoms with Gasteiger partial charge in [-0.25, -0.2) is 4.98 Å². The third-order valence-corrected chi connectivity index (χ3v) is 3.11. The first-order valence-electron chi connectivity index (χ1n) is 5.47. The lowest BCUT2D eigenvalue weighted by Gasteiger charge is -2.29. The molecular weight excluding hydrogens is 198 g/mol. The van der Waals surface area contributed by atoms with E-state index in [1.54, 1.807) is 6.20 Å². The molecule has 1 aliphatic heterocycles. The Morgan fingerprint density at radius 1 is 1.31 bits per heavy atom. The van der Waals surface area contributed by atoms with Gasteiger partial charge in [0.15, 0.2) is 0 Å². The zero-order valence-electron chi connectivity index (χ0n) is 9.70. The Balaban J connectivity index is 2.17. The van der Waals surface area contributed by atoms with Gasteiger partial charge in [-0.3, -0.25) is 0 Å². The van der Waals surface area contributed by atoms with Gasteiger partial charge in [0.2, 0.25) is 0 Å². The molecular formula is C13H15N3. The van der Waals surface area contributed by atoms with Gasteiger partial charge in [-0.15, -0.1) is 0 Å². The van der Waals surface area contributed by atoms with E-state index in [4.69, 9.17) is 5.26 Å². The third-order valence-electron chi connectivity index (χ3n) is 3.11. The van der Waals surface area contributed by atoms with Crippen molar-refractivity contribution < 1.29 is 0 Å². The maximum atomic E-state index is 8.70. The van der Waals surface area contributed by atoms with Crippen molar-refractivity contribution in [2.24, 2.45) is 0 Å². The molecule has 2 rings (SSSR count). The lowest BCUT2D eigenvalue weighted by molar-refractivity contribution is 0.746. The van der Waals surface area contributed by atoms with Gasteiger partial charge in [0, 0.05) is 19.3 Å². The molecule has 3 heteroatoms. The molecule has 0 amide bonds. The van der Waals surface area contributed by atoms with Gasteiger partial charge in [-0.05, 0) is 32.4 Å². The second-order valence-electron chi connectivity index (χ2n) is 4.25. The molecule has 0 N–H and O–H groups in total. The van der Waals surface area contributed by atoms with Gasteiger partial charge in [0.05, 0.1) is 5.56 Å². The molecule has 82 valence electrons. The summed E-state index contributed by atoms with van der Waals surface area (Å²) >= 11 is 0. The smallest absolute Gasteiger partial charge is 0.128 e.